The van der Waals surface area contributed by atoms with Gasteiger partial charge >= 0.3 is 0 Å². The van der Waals surface area contributed by atoms with E-state index in [0.29, 0.717) is 41.2 Å². The van der Waals surface area contributed by atoms with Crippen LogP contribution in [0.3, 0.4) is 0 Å². The van der Waals surface area contributed by atoms with Crippen LogP contribution in [-0.2, 0) is 11.3 Å². The first kappa shape index (κ1) is 20.6. The second-order valence-electron chi connectivity index (χ2n) is 9.34. The quantitative estimate of drug-likeness (QED) is 0.795. The molecule has 1 aromatic carbocycles. The molecule has 1 amide bonds. The first-order valence-electron chi connectivity index (χ1n) is 10.3. The molecule has 29 heavy (non-hydrogen) atoms. The van der Waals surface area contributed by atoms with Crippen molar-refractivity contribution < 1.29 is 9.18 Å². The first-order valence-corrected chi connectivity index (χ1v) is 10.7. The van der Waals surface area contributed by atoms with Crippen molar-refractivity contribution in [3.63, 3.8) is 0 Å². The molecule has 2 N–H and O–H groups in total. The third-order valence-corrected chi connectivity index (χ3v) is 6.12. The number of piperidine rings is 1. The number of carbonyl (C=O) groups excluding carboxylic acids is 1. The molecule has 158 valence electrons. The standard InChI is InChI=1S/C21H29ClFN5O/c1-21(2,3)26-19(29)12-28-10-15-5-4-14(28)6-7-27(15)11-18-24-17-9-13(23)8-16(22)20(17)25-18/h8-9,14-15H,4-7,10-12H2,1-3H3,(H,24,25)(H,26,29). The normalized spacial score (nSPS) is 23.5. The number of hydrogen-bond acceptors (Lipinski definition) is 4. The monoisotopic (exact) mass is 421 g/mol. The third-order valence-electron chi connectivity index (χ3n) is 5.83. The molecule has 3 aliphatic heterocycles. The predicted octanol–water partition coefficient (Wildman–Crippen LogP) is 3.31. The van der Waals surface area contributed by atoms with E-state index in [9.17, 15) is 9.18 Å². The highest BCUT2D eigenvalue weighted by molar-refractivity contribution is 6.34. The molecule has 2 unspecified atom stereocenters. The number of carbonyl (C=O) groups is 1. The van der Waals surface area contributed by atoms with Gasteiger partial charge in [0.15, 0.2) is 0 Å². The maximum Gasteiger partial charge on any atom is 0.234 e. The molecule has 2 atom stereocenters. The summed E-state index contributed by atoms with van der Waals surface area (Å²) in [5.41, 5.74) is 1.03. The summed E-state index contributed by atoms with van der Waals surface area (Å²) in [5, 5.41) is 3.40. The summed E-state index contributed by atoms with van der Waals surface area (Å²) in [6.45, 7) is 8.99. The van der Waals surface area contributed by atoms with Crippen molar-refractivity contribution in [1.82, 2.24) is 25.1 Å². The van der Waals surface area contributed by atoms with Gasteiger partial charge in [-0.25, -0.2) is 9.37 Å². The van der Waals surface area contributed by atoms with E-state index < -0.39 is 0 Å². The molecule has 4 heterocycles. The Morgan fingerprint density at radius 1 is 1.28 bits per heavy atom. The fourth-order valence-corrected chi connectivity index (χ4v) is 4.85. The Labute approximate surface area is 175 Å². The van der Waals surface area contributed by atoms with Crippen LogP contribution in [0.2, 0.25) is 5.02 Å². The predicted molar refractivity (Wildman–Crippen MR) is 112 cm³/mol. The number of aromatic nitrogens is 2. The molecule has 0 radical (unpaired) electrons. The summed E-state index contributed by atoms with van der Waals surface area (Å²) in [7, 11) is 0. The third kappa shape index (κ3) is 4.73. The Morgan fingerprint density at radius 2 is 2.03 bits per heavy atom. The van der Waals surface area contributed by atoms with Gasteiger partial charge in [0.05, 0.1) is 23.6 Å². The van der Waals surface area contributed by atoms with E-state index in [1.807, 2.05) is 20.8 Å². The minimum absolute atomic E-state index is 0.0885. The molecule has 2 aromatic rings. The molecule has 8 heteroatoms. The molecule has 3 saturated heterocycles. The maximum absolute atomic E-state index is 13.6. The van der Waals surface area contributed by atoms with E-state index in [0.717, 1.165) is 38.2 Å². The van der Waals surface area contributed by atoms with Crippen LogP contribution in [0, 0.1) is 5.82 Å². The average molecular weight is 422 g/mol. The van der Waals surface area contributed by atoms with Gasteiger partial charge in [-0.15, -0.1) is 0 Å². The van der Waals surface area contributed by atoms with Crippen LogP contribution >= 0.6 is 11.6 Å². The summed E-state index contributed by atoms with van der Waals surface area (Å²) < 4.78 is 13.6. The lowest BCUT2D eigenvalue weighted by Crippen LogP contribution is -2.52. The van der Waals surface area contributed by atoms with Crippen molar-refractivity contribution in [1.29, 1.82) is 0 Å². The van der Waals surface area contributed by atoms with Gasteiger partial charge in [-0.1, -0.05) is 11.6 Å². The minimum Gasteiger partial charge on any atom is -0.350 e. The van der Waals surface area contributed by atoms with Crippen LogP contribution in [0.5, 0.6) is 0 Å². The summed E-state index contributed by atoms with van der Waals surface area (Å²) in [6, 6.07) is 3.56. The summed E-state index contributed by atoms with van der Waals surface area (Å²) >= 11 is 6.14. The molecule has 3 aliphatic rings. The number of aromatic amines is 1. The lowest BCUT2D eigenvalue weighted by Gasteiger charge is -2.38. The SMILES string of the molecule is CC(C)(C)NC(=O)CN1CC2CCC1CCN2Cc1nc2c(Cl)cc(F)cc2[nH]1. The van der Waals surface area contributed by atoms with Crippen molar-refractivity contribution in [2.24, 2.45) is 0 Å². The van der Waals surface area contributed by atoms with E-state index in [2.05, 4.69) is 25.1 Å². The molecule has 0 saturated carbocycles. The van der Waals surface area contributed by atoms with Crippen molar-refractivity contribution >= 4 is 28.5 Å². The summed E-state index contributed by atoms with van der Waals surface area (Å²) in [5.74, 6) is 0.524. The van der Waals surface area contributed by atoms with Gasteiger partial charge in [0.1, 0.15) is 17.2 Å². The number of fused-ring (bicyclic) bond motifs is 5. The molecular weight excluding hydrogens is 393 g/mol. The van der Waals surface area contributed by atoms with Crippen molar-refractivity contribution in [3.8, 4) is 0 Å². The Kier molecular flexibility index (Phi) is 5.57. The Balaban J connectivity index is 1.44. The van der Waals surface area contributed by atoms with Gasteiger partial charge < -0.3 is 10.3 Å². The number of H-pyrrole nitrogens is 1. The van der Waals surface area contributed by atoms with E-state index in [1.54, 1.807) is 0 Å². The highest BCUT2D eigenvalue weighted by Gasteiger charge is 2.36. The van der Waals surface area contributed by atoms with Crippen LogP contribution in [0.15, 0.2) is 12.1 Å². The van der Waals surface area contributed by atoms with Crippen molar-refractivity contribution in [2.45, 2.75) is 64.2 Å². The zero-order valence-corrected chi connectivity index (χ0v) is 18.0. The van der Waals surface area contributed by atoms with Gasteiger partial charge in [-0.3, -0.25) is 14.6 Å². The Hall–Kier alpha value is -1.70. The van der Waals surface area contributed by atoms with Gasteiger partial charge in [-0.05, 0) is 52.2 Å². The second kappa shape index (κ2) is 7.85. The fourth-order valence-electron chi connectivity index (χ4n) is 4.61. The number of nitrogens with zero attached hydrogens (tertiary/aromatic N) is 3. The molecule has 2 bridgehead atoms. The van der Waals surface area contributed by atoms with Gasteiger partial charge in [0.2, 0.25) is 5.91 Å². The molecule has 1 aromatic heterocycles. The first-order chi connectivity index (χ1) is 13.7. The van der Waals surface area contributed by atoms with Crippen LogP contribution in [0.4, 0.5) is 4.39 Å². The zero-order valence-electron chi connectivity index (χ0n) is 17.3. The molecule has 0 spiro atoms. The highest BCUT2D eigenvalue weighted by atomic mass is 35.5. The molecule has 3 fully saturated rings. The lowest BCUT2D eigenvalue weighted by atomic mass is 9.98. The number of halogens is 2. The number of amides is 1. The number of benzene rings is 1. The molecule has 0 aliphatic carbocycles. The van der Waals surface area contributed by atoms with E-state index in [-0.39, 0.29) is 17.3 Å². The van der Waals surface area contributed by atoms with Crippen LogP contribution in [-0.4, -0.2) is 62.9 Å². The smallest absolute Gasteiger partial charge is 0.234 e. The second-order valence-corrected chi connectivity index (χ2v) is 9.75. The minimum atomic E-state index is -0.365. The van der Waals surface area contributed by atoms with E-state index in [4.69, 9.17) is 11.6 Å². The molecule has 5 rings (SSSR count). The summed E-state index contributed by atoms with van der Waals surface area (Å²) in [6.07, 6.45) is 3.27. The van der Waals surface area contributed by atoms with Gasteiger partial charge in [0.25, 0.3) is 0 Å². The lowest BCUT2D eigenvalue weighted by molar-refractivity contribution is -0.124. The van der Waals surface area contributed by atoms with Crippen molar-refractivity contribution in [2.75, 3.05) is 19.6 Å². The van der Waals surface area contributed by atoms with Gasteiger partial charge in [0, 0.05) is 30.7 Å². The van der Waals surface area contributed by atoms with Crippen molar-refractivity contribution in [3.05, 3.63) is 28.8 Å². The van der Waals surface area contributed by atoms with Crippen LogP contribution < -0.4 is 5.32 Å². The topological polar surface area (TPSA) is 64.3 Å². The fraction of sp³-hybridized carbons (Fsp3) is 0.619. The van der Waals surface area contributed by atoms with E-state index in [1.165, 1.54) is 12.1 Å². The van der Waals surface area contributed by atoms with Gasteiger partial charge in [-0.2, -0.15) is 0 Å². The van der Waals surface area contributed by atoms with Crippen LogP contribution in [0.25, 0.3) is 11.0 Å². The maximum atomic E-state index is 13.6. The Bertz CT molecular complexity index is 908. The average Bonchev–Trinajstić information content (AvgIpc) is 2.81. The van der Waals surface area contributed by atoms with E-state index >= 15 is 0 Å². The number of imidazole rings is 1. The number of rotatable bonds is 4. The number of hydrogen-bond donors (Lipinski definition) is 2. The van der Waals surface area contributed by atoms with Crippen LogP contribution in [0.1, 0.15) is 45.9 Å². The zero-order chi connectivity index (χ0) is 20.8. The summed E-state index contributed by atoms with van der Waals surface area (Å²) in [4.78, 5) is 25.0. The molecule has 6 nitrogen and oxygen atoms in total. The molecular formula is C21H29ClFN5O. The Morgan fingerprint density at radius 3 is 2.79 bits per heavy atom. The number of nitrogens with one attached hydrogen (secondary N) is 2. The highest BCUT2D eigenvalue weighted by Crippen LogP contribution is 2.30. The largest absolute Gasteiger partial charge is 0.350 e.